The van der Waals surface area contributed by atoms with Gasteiger partial charge in [0.05, 0.1) is 12.3 Å². The number of thiophene rings is 1. The summed E-state index contributed by atoms with van der Waals surface area (Å²) < 4.78 is 17.9. The van der Waals surface area contributed by atoms with E-state index in [-0.39, 0.29) is 12.6 Å². The molecule has 1 saturated heterocycles. The third-order valence-corrected chi connectivity index (χ3v) is 8.68. The number of amides is 1. The first-order chi connectivity index (χ1) is 20.6. The molecule has 0 radical (unpaired) electrons. The maximum absolute atomic E-state index is 12.7. The molecule has 2 aliphatic heterocycles. The number of piperazine rings is 1. The molecule has 1 amide bonds. The zero-order valence-electron chi connectivity index (χ0n) is 23.5. The van der Waals surface area contributed by atoms with Gasteiger partial charge in [0.1, 0.15) is 11.5 Å². The predicted octanol–water partition coefficient (Wildman–Crippen LogP) is 6.38. The van der Waals surface area contributed by atoms with Crippen LogP contribution in [0.4, 0.5) is 16.2 Å². The SMILES string of the molecule is O=C(OCN1C(=O)CCc2ccc(OCCCCC3CN(c4cccc5sccc45)CCN3)cc21)Oc1ccccc1. The van der Waals surface area contributed by atoms with Gasteiger partial charge in [-0.25, -0.2) is 4.79 Å². The molecule has 0 spiro atoms. The molecule has 1 unspecified atom stereocenters. The first-order valence-corrected chi connectivity index (χ1v) is 15.4. The summed E-state index contributed by atoms with van der Waals surface area (Å²) in [5.41, 5.74) is 3.07. The Labute approximate surface area is 249 Å². The molecule has 8 nitrogen and oxygen atoms in total. The fourth-order valence-corrected chi connectivity index (χ4v) is 6.46. The number of carbonyl (C=O) groups excluding carboxylic acids is 2. The number of ether oxygens (including phenoxy) is 3. The van der Waals surface area contributed by atoms with E-state index in [9.17, 15) is 9.59 Å². The van der Waals surface area contributed by atoms with Crippen LogP contribution in [0, 0.1) is 0 Å². The average Bonchev–Trinajstić information content (AvgIpc) is 3.50. The number of unbranched alkanes of at least 4 members (excludes halogenated alkanes) is 1. The van der Waals surface area contributed by atoms with E-state index in [1.807, 2.05) is 24.3 Å². The molecule has 218 valence electrons. The van der Waals surface area contributed by atoms with Crippen LogP contribution in [-0.4, -0.2) is 51.1 Å². The van der Waals surface area contributed by atoms with Crippen LogP contribution in [0.25, 0.3) is 10.1 Å². The van der Waals surface area contributed by atoms with Gasteiger partial charge in [-0.15, -0.1) is 11.3 Å². The van der Waals surface area contributed by atoms with E-state index in [1.54, 1.807) is 35.6 Å². The maximum Gasteiger partial charge on any atom is 0.515 e. The number of hydrogen-bond donors (Lipinski definition) is 1. The Kier molecular flexibility index (Phi) is 8.86. The molecule has 1 atom stereocenters. The topological polar surface area (TPSA) is 80.3 Å². The third-order valence-electron chi connectivity index (χ3n) is 7.80. The van der Waals surface area contributed by atoms with Crippen LogP contribution < -0.4 is 24.6 Å². The number of hydrogen-bond acceptors (Lipinski definition) is 8. The number of rotatable bonds is 10. The molecular weight excluding hydrogens is 550 g/mol. The maximum atomic E-state index is 12.7. The second-order valence-corrected chi connectivity index (χ2v) is 11.5. The van der Waals surface area contributed by atoms with Gasteiger partial charge in [0, 0.05) is 53.9 Å². The highest BCUT2D eigenvalue weighted by Gasteiger charge is 2.26. The number of nitrogens with one attached hydrogen (secondary N) is 1. The Morgan fingerprint density at radius 1 is 0.952 bits per heavy atom. The summed E-state index contributed by atoms with van der Waals surface area (Å²) in [6.45, 7) is 3.39. The van der Waals surface area contributed by atoms with Gasteiger partial charge in [-0.3, -0.25) is 9.69 Å². The van der Waals surface area contributed by atoms with Gasteiger partial charge in [0.25, 0.3) is 0 Å². The fraction of sp³-hybridized carbons (Fsp3) is 0.333. The molecular formula is C33H35N3O5S. The van der Waals surface area contributed by atoms with Gasteiger partial charge < -0.3 is 24.4 Å². The van der Waals surface area contributed by atoms with Crippen LogP contribution in [0.3, 0.4) is 0 Å². The van der Waals surface area contributed by atoms with Gasteiger partial charge in [0.15, 0.2) is 6.73 Å². The van der Waals surface area contributed by atoms with Crippen molar-refractivity contribution in [1.82, 2.24) is 5.32 Å². The Morgan fingerprint density at radius 3 is 2.76 bits per heavy atom. The van der Waals surface area contributed by atoms with Gasteiger partial charge in [-0.1, -0.05) is 30.3 Å². The van der Waals surface area contributed by atoms with Crippen LogP contribution >= 0.6 is 11.3 Å². The van der Waals surface area contributed by atoms with Gasteiger partial charge >= 0.3 is 6.16 Å². The summed E-state index contributed by atoms with van der Waals surface area (Å²) in [6.07, 6.45) is 3.23. The van der Waals surface area contributed by atoms with E-state index in [1.165, 1.54) is 20.7 Å². The summed E-state index contributed by atoms with van der Waals surface area (Å²) >= 11 is 1.79. The third kappa shape index (κ3) is 6.69. The number of carbonyl (C=O) groups is 2. The van der Waals surface area contributed by atoms with Gasteiger partial charge in [-0.2, -0.15) is 0 Å². The number of nitrogens with zero attached hydrogens (tertiary/aromatic N) is 2. The Morgan fingerprint density at radius 2 is 1.86 bits per heavy atom. The molecule has 3 aromatic carbocycles. The van der Waals surface area contributed by atoms with Crippen LogP contribution in [0.5, 0.6) is 11.5 Å². The standard InChI is InChI=1S/C33H35N3O5S/c37-32-15-13-24-12-14-27(21-30(24)36(32)23-40-33(38)41-26-8-2-1-3-9-26)39-19-5-4-7-25-22-35(18-17-34-25)29-10-6-11-31-28(29)16-20-42-31/h1-3,6,8-12,14,16,20-21,25,34H,4-5,7,13,15,17-19,22-23H2. The summed E-state index contributed by atoms with van der Waals surface area (Å²) in [5.74, 6) is 0.985. The molecule has 0 bridgehead atoms. The Hall–Kier alpha value is -4.08. The van der Waals surface area contributed by atoms with Crippen LogP contribution in [0.2, 0.25) is 0 Å². The van der Waals surface area contributed by atoms with E-state index < -0.39 is 6.16 Å². The molecule has 42 heavy (non-hydrogen) atoms. The van der Waals surface area contributed by atoms with Crippen molar-refractivity contribution >= 4 is 44.9 Å². The monoisotopic (exact) mass is 585 g/mol. The molecule has 0 saturated carbocycles. The lowest BCUT2D eigenvalue weighted by atomic mass is 10.0. The minimum absolute atomic E-state index is 0.101. The number of fused-ring (bicyclic) bond motifs is 2. The second-order valence-electron chi connectivity index (χ2n) is 10.6. The lowest BCUT2D eigenvalue weighted by molar-refractivity contribution is -0.119. The van der Waals surface area contributed by atoms with E-state index in [4.69, 9.17) is 14.2 Å². The number of anilines is 2. The highest BCUT2D eigenvalue weighted by molar-refractivity contribution is 7.17. The summed E-state index contributed by atoms with van der Waals surface area (Å²) in [6, 6.07) is 23.8. The quantitative estimate of drug-likeness (QED) is 0.131. The molecule has 1 fully saturated rings. The predicted molar refractivity (Wildman–Crippen MR) is 166 cm³/mol. The average molecular weight is 586 g/mol. The first kappa shape index (κ1) is 28.1. The second kappa shape index (κ2) is 13.3. The number of benzene rings is 3. The van der Waals surface area contributed by atoms with E-state index in [0.717, 1.165) is 44.5 Å². The highest BCUT2D eigenvalue weighted by Crippen LogP contribution is 2.33. The van der Waals surface area contributed by atoms with Crippen molar-refractivity contribution in [3.8, 4) is 11.5 Å². The Balaban J connectivity index is 0.975. The van der Waals surface area contributed by atoms with E-state index in [0.29, 0.717) is 42.7 Å². The molecule has 1 N–H and O–H groups in total. The lowest BCUT2D eigenvalue weighted by Crippen LogP contribution is -2.50. The minimum Gasteiger partial charge on any atom is -0.494 e. The molecule has 4 aromatic rings. The summed E-state index contributed by atoms with van der Waals surface area (Å²) in [7, 11) is 0. The van der Waals surface area contributed by atoms with Crippen LogP contribution in [0.15, 0.2) is 78.2 Å². The molecule has 9 heteroatoms. The van der Waals surface area contributed by atoms with Crippen molar-refractivity contribution in [2.24, 2.45) is 0 Å². The van der Waals surface area contributed by atoms with Crippen molar-refractivity contribution in [3.05, 3.63) is 83.7 Å². The zero-order chi connectivity index (χ0) is 28.7. The van der Waals surface area contributed by atoms with Crippen molar-refractivity contribution in [2.45, 2.75) is 38.1 Å². The van der Waals surface area contributed by atoms with Gasteiger partial charge in [-0.05, 0) is 73.0 Å². The van der Waals surface area contributed by atoms with Crippen molar-refractivity contribution in [2.75, 3.05) is 42.8 Å². The zero-order valence-corrected chi connectivity index (χ0v) is 24.3. The van der Waals surface area contributed by atoms with Crippen molar-refractivity contribution < 1.29 is 23.8 Å². The number of para-hydroxylation sites is 1. The van der Waals surface area contributed by atoms with Crippen molar-refractivity contribution in [3.63, 3.8) is 0 Å². The smallest absolute Gasteiger partial charge is 0.494 e. The van der Waals surface area contributed by atoms with Gasteiger partial charge in [0.2, 0.25) is 5.91 Å². The first-order valence-electron chi connectivity index (χ1n) is 14.5. The van der Waals surface area contributed by atoms with Crippen LogP contribution in [-0.2, 0) is 16.0 Å². The van der Waals surface area contributed by atoms with Crippen molar-refractivity contribution in [1.29, 1.82) is 0 Å². The largest absolute Gasteiger partial charge is 0.515 e. The lowest BCUT2D eigenvalue weighted by Gasteiger charge is -2.35. The molecule has 3 heterocycles. The normalized spacial score (nSPS) is 16.8. The summed E-state index contributed by atoms with van der Waals surface area (Å²) in [4.78, 5) is 28.9. The molecule has 2 aliphatic rings. The van der Waals surface area contributed by atoms with Crippen LogP contribution in [0.1, 0.15) is 31.2 Å². The highest BCUT2D eigenvalue weighted by atomic mass is 32.1. The number of aryl methyl sites for hydroxylation is 1. The van der Waals surface area contributed by atoms with E-state index in [2.05, 4.69) is 39.9 Å². The fourth-order valence-electron chi connectivity index (χ4n) is 5.65. The molecule has 0 aliphatic carbocycles. The summed E-state index contributed by atoms with van der Waals surface area (Å²) in [5, 5.41) is 7.20. The Bertz CT molecular complexity index is 1520. The van der Waals surface area contributed by atoms with E-state index >= 15 is 0 Å². The molecule has 1 aromatic heterocycles. The molecule has 6 rings (SSSR count). The minimum atomic E-state index is -0.854.